The SMILES string of the molecule is O=C(O)C(Br)=CBr. The average molecular weight is 230 g/mol. The summed E-state index contributed by atoms with van der Waals surface area (Å²) in [5.41, 5.74) is 0. The Morgan fingerprint density at radius 2 is 2.14 bits per heavy atom. The molecule has 0 fully saturated rings. The minimum atomic E-state index is -0.975. The second kappa shape index (κ2) is 3.21. The molecule has 0 radical (unpaired) electrons. The molecule has 2 nitrogen and oxygen atoms in total. The first kappa shape index (κ1) is 7.17. The van der Waals surface area contributed by atoms with E-state index in [0.717, 1.165) is 0 Å². The normalized spacial score (nSPS) is 11.4. The highest BCUT2D eigenvalue weighted by atomic mass is 79.9. The van der Waals surface area contributed by atoms with Gasteiger partial charge in [-0.2, -0.15) is 0 Å². The van der Waals surface area contributed by atoms with Crippen molar-refractivity contribution in [3.8, 4) is 0 Å². The number of halogens is 2. The van der Waals surface area contributed by atoms with E-state index in [4.69, 9.17) is 5.11 Å². The van der Waals surface area contributed by atoms with Crippen LogP contribution in [0, 0.1) is 0 Å². The number of carboxylic acid groups (broad SMARTS) is 1. The van der Waals surface area contributed by atoms with Gasteiger partial charge in [0.2, 0.25) is 0 Å². The van der Waals surface area contributed by atoms with Crippen molar-refractivity contribution in [3.63, 3.8) is 0 Å². The van der Waals surface area contributed by atoms with Gasteiger partial charge in [-0.15, -0.1) is 0 Å². The molecule has 0 unspecified atom stereocenters. The summed E-state index contributed by atoms with van der Waals surface area (Å²) in [6, 6.07) is 0. The molecule has 0 aliphatic heterocycles. The van der Waals surface area contributed by atoms with Crippen LogP contribution >= 0.6 is 31.9 Å². The van der Waals surface area contributed by atoms with Crippen LogP contribution in [0.1, 0.15) is 0 Å². The largest absolute Gasteiger partial charge is 0.477 e. The minimum Gasteiger partial charge on any atom is -0.477 e. The molecule has 7 heavy (non-hydrogen) atoms. The minimum absolute atomic E-state index is 0.118. The topological polar surface area (TPSA) is 37.3 Å². The summed E-state index contributed by atoms with van der Waals surface area (Å²) in [6.07, 6.45) is 0. The molecule has 1 N–H and O–H groups in total. The van der Waals surface area contributed by atoms with Crippen LogP contribution in [0.2, 0.25) is 0 Å². The monoisotopic (exact) mass is 228 g/mol. The number of hydrogen-bond donors (Lipinski definition) is 1. The molecule has 0 amide bonds. The standard InChI is InChI=1S/C3H2Br2O2/c4-1-2(5)3(6)7/h1H,(H,6,7). The Bertz CT molecular complexity index is 108. The lowest BCUT2D eigenvalue weighted by Gasteiger charge is -1.80. The van der Waals surface area contributed by atoms with Crippen molar-refractivity contribution >= 4 is 37.8 Å². The predicted octanol–water partition coefficient (Wildman–Crippen LogP) is 1.70. The highest BCUT2D eigenvalue weighted by Gasteiger charge is 1.97. The molecule has 0 aromatic heterocycles. The van der Waals surface area contributed by atoms with Crippen molar-refractivity contribution in [2.45, 2.75) is 0 Å². The quantitative estimate of drug-likeness (QED) is 0.696. The summed E-state index contributed by atoms with van der Waals surface area (Å²) < 4.78 is 0.118. The number of carbonyl (C=O) groups is 1. The molecule has 40 valence electrons. The van der Waals surface area contributed by atoms with E-state index in [-0.39, 0.29) is 4.48 Å². The zero-order chi connectivity index (χ0) is 5.86. The summed E-state index contributed by atoms with van der Waals surface area (Å²) in [7, 11) is 0. The maximum atomic E-state index is 9.79. The molecular formula is C3H2Br2O2. The zero-order valence-corrected chi connectivity index (χ0v) is 6.36. The van der Waals surface area contributed by atoms with Crippen molar-refractivity contribution in [1.82, 2.24) is 0 Å². The number of rotatable bonds is 1. The molecule has 0 atom stereocenters. The maximum Gasteiger partial charge on any atom is 0.343 e. The first-order valence-electron chi connectivity index (χ1n) is 1.37. The first-order chi connectivity index (χ1) is 3.18. The van der Waals surface area contributed by atoms with Crippen LogP contribution in [0.5, 0.6) is 0 Å². The fraction of sp³-hybridized carbons (Fsp3) is 0. The molecule has 0 bridgehead atoms. The van der Waals surface area contributed by atoms with E-state index >= 15 is 0 Å². The third-order valence-electron chi connectivity index (χ3n) is 0.300. The molecule has 0 aliphatic carbocycles. The van der Waals surface area contributed by atoms with E-state index < -0.39 is 5.97 Å². The van der Waals surface area contributed by atoms with Gasteiger partial charge in [-0.25, -0.2) is 4.79 Å². The lowest BCUT2D eigenvalue weighted by atomic mass is 10.7. The van der Waals surface area contributed by atoms with E-state index in [2.05, 4.69) is 31.9 Å². The Morgan fingerprint density at radius 3 is 2.14 bits per heavy atom. The number of aliphatic carboxylic acids is 1. The molecule has 0 aromatic rings. The lowest BCUT2D eigenvalue weighted by molar-refractivity contribution is -0.131. The van der Waals surface area contributed by atoms with Gasteiger partial charge in [-0.1, -0.05) is 15.9 Å². The smallest absolute Gasteiger partial charge is 0.343 e. The van der Waals surface area contributed by atoms with Gasteiger partial charge in [0.05, 0.1) is 0 Å². The summed E-state index contributed by atoms with van der Waals surface area (Å²) in [5.74, 6) is -0.975. The van der Waals surface area contributed by atoms with Crippen LogP contribution in [0.15, 0.2) is 9.47 Å². The van der Waals surface area contributed by atoms with E-state index in [1.807, 2.05) is 0 Å². The van der Waals surface area contributed by atoms with Crippen LogP contribution < -0.4 is 0 Å². The predicted molar refractivity (Wildman–Crippen MR) is 33.6 cm³/mol. The first-order valence-corrected chi connectivity index (χ1v) is 3.08. The molecule has 0 spiro atoms. The molecule has 0 rings (SSSR count). The van der Waals surface area contributed by atoms with E-state index in [1.54, 1.807) is 0 Å². The molecule has 0 aliphatic rings. The van der Waals surface area contributed by atoms with E-state index in [9.17, 15) is 4.79 Å². The zero-order valence-electron chi connectivity index (χ0n) is 3.19. The van der Waals surface area contributed by atoms with Gasteiger partial charge in [-0.3, -0.25) is 0 Å². The van der Waals surface area contributed by atoms with Gasteiger partial charge < -0.3 is 5.11 Å². The summed E-state index contributed by atoms with van der Waals surface area (Å²) >= 11 is 5.58. The van der Waals surface area contributed by atoms with Gasteiger partial charge >= 0.3 is 5.97 Å². The molecule has 0 saturated heterocycles. The van der Waals surface area contributed by atoms with Crippen LogP contribution in [0.4, 0.5) is 0 Å². The molecule has 4 heteroatoms. The van der Waals surface area contributed by atoms with Gasteiger partial charge in [0.15, 0.2) is 0 Å². The van der Waals surface area contributed by atoms with Crippen LogP contribution in [0.3, 0.4) is 0 Å². The fourth-order valence-electron chi connectivity index (χ4n) is 0.0467. The summed E-state index contributed by atoms with van der Waals surface area (Å²) in [5, 5.41) is 8.04. The van der Waals surface area contributed by atoms with E-state index in [0.29, 0.717) is 0 Å². The van der Waals surface area contributed by atoms with Crippen molar-refractivity contribution in [3.05, 3.63) is 9.47 Å². The average Bonchev–Trinajstić information content (AvgIpc) is 1.65. The van der Waals surface area contributed by atoms with Crippen molar-refractivity contribution in [2.75, 3.05) is 0 Å². The fourth-order valence-corrected chi connectivity index (χ4v) is 0.243. The van der Waals surface area contributed by atoms with Crippen molar-refractivity contribution < 1.29 is 9.90 Å². The van der Waals surface area contributed by atoms with Crippen LogP contribution in [-0.4, -0.2) is 11.1 Å². The molecule has 0 saturated carbocycles. The molecule has 0 aromatic carbocycles. The summed E-state index contributed by atoms with van der Waals surface area (Å²) in [6.45, 7) is 0. The van der Waals surface area contributed by atoms with E-state index in [1.165, 1.54) is 4.99 Å². The van der Waals surface area contributed by atoms with Crippen LogP contribution in [-0.2, 0) is 4.79 Å². The maximum absolute atomic E-state index is 9.79. The lowest BCUT2D eigenvalue weighted by Crippen LogP contribution is -1.90. The Morgan fingerprint density at radius 1 is 1.71 bits per heavy atom. The van der Waals surface area contributed by atoms with Gasteiger partial charge in [0.25, 0.3) is 0 Å². The van der Waals surface area contributed by atoms with Crippen molar-refractivity contribution in [2.24, 2.45) is 0 Å². The third kappa shape index (κ3) is 2.82. The number of carboxylic acids is 1. The van der Waals surface area contributed by atoms with Crippen molar-refractivity contribution in [1.29, 1.82) is 0 Å². The Hall–Kier alpha value is 0.170. The number of hydrogen-bond acceptors (Lipinski definition) is 1. The molecular weight excluding hydrogens is 228 g/mol. The Kier molecular flexibility index (Phi) is 3.29. The Labute approximate surface area is 57.5 Å². The van der Waals surface area contributed by atoms with Crippen LogP contribution in [0.25, 0.3) is 0 Å². The second-order valence-corrected chi connectivity index (χ2v) is 2.07. The highest BCUT2D eigenvalue weighted by Crippen LogP contribution is 2.05. The van der Waals surface area contributed by atoms with Gasteiger partial charge in [0.1, 0.15) is 4.48 Å². The second-order valence-electron chi connectivity index (χ2n) is 0.762. The van der Waals surface area contributed by atoms with Gasteiger partial charge in [-0.05, 0) is 15.9 Å². The summed E-state index contributed by atoms with van der Waals surface area (Å²) in [4.78, 5) is 11.1. The third-order valence-corrected chi connectivity index (χ3v) is 1.94. The highest BCUT2D eigenvalue weighted by molar-refractivity contribution is 9.14. The van der Waals surface area contributed by atoms with Gasteiger partial charge in [0, 0.05) is 4.99 Å². The Balaban J connectivity index is 3.82. The molecule has 0 heterocycles.